The lowest BCUT2D eigenvalue weighted by Gasteiger charge is -1.98. The van der Waals surface area contributed by atoms with E-state index in [2.05, 4.69) is 15.1 Å². The van der Waals surface area contributed by atoms with Crippen LogP contribution in [0.15, 0.2) is 45.8 Å². The van der Waals surface area contributed by atoms with Crippen molar-refractivity contribution >= 4 is 33.2 Å². The van der Waals surface area contributed by atoms with Crippen LogP contribution in [0.3, 0.4) is 0 Å². The van der Waals surface area contributed by atoms with Crippen molar-refractivity contribution in [3.05, 3.63) is 46.7 Å². The lowest BCUT2D eigenvalue weighted by atomic mass is 10.2. The van der Waals surface area contributed by atoms with Gasteiger partial charge in [0.2, 0.25) is 15.8 Å². The number of aromatic nitrogens is 3. The molecule has 0 fully saturated rings. The molecule has 118 valence electrons. The first-order valence-electron chi connectivity index (χ1n) is 6.13. The third-order valence-corrected chi connectivity index (χ3v) is 4.19. The van der Waals surface area contributed by atoms with Gasteiger partial charge in [-0.15, -0.1) is 0 Å². The number of sulfonamides is 1. The van der Waals surface area contributed by atoms with Crippen LogP contribution in [-0.4, -0.2) is 23.5 Å². The van der Waals surface area contributed by atoms with Crippen molar-refractivity contribution in [2.75, 3.05) is 0 Å². The summed E-state index contributed by atoms with van der Waals surface area (Å²) in [5.41, 5.74) is 1.09. The molecule has 0 aliphatic rings. The molecule has 0 amide bonds. The normalized spacial score (nSPS) is 11.6. The van der Waals surface area contributed by atoms with E-state index in [4.69, 9.17) is 32.9 Å². The van der Waals surface area contributed by atoms with Gasteiger partial charge < -0.3 is 4.52 Å². The van der Waals surface area contributed by atoms with Crippen molar-refractivity contribution in [2.24, 2.45) is 5.14 Å². The van der Waals surface area contributed by atoms with Gasteiger partial charge in [-0.1, -0.05) is 28.4 Å². The number of nitrogens with zero attached hydrogens (tertiary/aromatic N) is 3. The van der Waals surface area contributed by atoms with Crippen LogP contribution in [0.5, 0.6) is 0 Å². The van der Waals surface area contributed by atoms with Gasteiger partial charge in [-0.25, -0.2) is 18.5 Å². The average Bonchev–Trinajstić information content (AvgIpc) is 2.95. The molecule has 2 aromatic heterocycles. The molecule has 0 atom stereocenters. The molecular weight excluding hydrogens is 363 g/mol. The fourth-order valence-electron chi connectivity index (χ4n) is 1.84. The van der Waals surface area contributed by atoms with Gasteiger partial charge in [0.1, 0.15) is 10.3 Å². The molecule has 0 unspecified atom stereocenters. The van der Waals surface area contributed by atoms with Crippen LogP contribution in [0.4, 0.5) is 0 Å². The summed E-state index contributed by atoms with van der Waals surface area (Å²) in [5.74, 6) is 0.492. The minimum absolute atomic E-state index is 0.00216. The van der Waals surface area contributed by atoms with Crippen molar-refractivity contribution in [1.82, 2.24) is 15.1 Å². The Balaban J connectivity index is 1.96. The Morgan fingerprint density at radius 2 is 1.57 bits per heavy atom. The highest BCUT2D eigenvalue weighted by atomic mass is 35.5. The van der Waals surface area contributed by atoms with Gasteiger partial charge in [-0.05, 0) is 36.4 Å². The van der Waals surface area contributed by atoms with Gasteiger partial charge in [0.05, 0.1) is 4.90 Å². The zero-order valence-electron chi connectivity index (χ0n) is 11.3. The standard InChI is InChI=1S/C13H8Cl2N4O3S/c14-10-5-8(6-11(15)17-10)13-18-12(19-22-13)7-1-3-9(4-2-7)23(16,20)21/h1-6H,(H2,16,20,21). The van der Waals surface area contributed by atoms with Crippen molar-refractivity contribution in [2.45, 2.75) is 4.90 Å². The highest BCUT2D eigenvalue weighted by Gasteiger charge is 2.14. The fraction of sp³-hybridized carbons (Fsp3) is 0. The second-order valence-electron chi connectivity index (χ2n) is 4.49. The zero-order chi connectivity index (χ0) is 16.6. The number of hydrogen-bond acceptors (Lipinski definition) is 6. The van der Waals surface area contributed by atoms with E-state index in [1.165, 1.54) is 36.4 Å². The monoisotopic (exact) mass is 370 g/mol. The molecule has 0 saturated heterocycles. The van der Waals surface area contributed by atoms with Gasteiger partial charge in [0.25, 0.3) is 5.89 Å². The van der Waals surface area contributed by atoms with Crippen LogP contribution in [0.1, 0.15) is 0 Å². The van der Waals surface area contributed by atoms with E-state index in [1.54, 1.807) is 0 Å². The lowest BCUT2D eigenvalue weighted by Crippen LogP contribution is -2.11. The van der Waals surface area contributed by atoms with Gasteiger partial charge >= 0.3 is 0 Å². The summed E-state index contributed by atoms with van der Waals surface area (Å²) < 4.78 is 27.6. The Morgan fingerprint density at radius 1 is 0.957 bits per heavy atom. The molecule has 0 bridgehead atoms. The molecule has 3 rings (SSSR count). The van der Waals surface area contributed by atoms with Crippen molar-refractivity contribution in [3.8, 4) is 22.8 Å². The number of pyridine rings is 1. The number of benzene rings is 1. The molecule has 3 aromatic rings. The molecule has 0 aliphatic carbocycles. The van der Waals surface area contributed by atoms with E-state index >= 15 is 0 Å². The third-order valence-electron chi connectivity index (χ3n) is 2.88. The van der Waals surface area contributed by atoms with E-state index in [9.17, 15) is 8.42 Å². The minimum Gasteiger partial charge on any atom is -0.334 e. The summed E-state index contributed by atoms with van der Waals surface area (Å²) in [7, 11) is -3.75. The van der Waals surface area contributed by atoms with Crippen LogP contribution in [0.25, 0.3) is 22.8 Å². The van der Waals surface area contributed by atoms with Crippen LogP contribution < -0.4 is 5.14 Å². The first-order chi connectivity index (χ1) is 10.8. The second-order valence-corrected chi connectivity index (χ2v) is 6.83. The van der Waals surface area contributed by atoms with Crippen molar-refractivity contribution < 1.29 is 12.9 Å². The Kier molecular flexibility index (Phi) is 4.07. The molecule has 0 saturated carbocycles. The van der Waals surface area contributed by atoms with E-state index < -0.39 is 10.0 Å². The Hall–Kier alpha value is -2.00. The summed E-state index contributed by atoms with van der Waals surface area (Å²) in [4.78, 5) is 8.05. The average molecular weight is 371 g/mol. The topological polar surface area (TPSA) is 112 Å². The Labute approximate surface area is 141 Å². The molecule has 23 heavy (non-hydrogen) atoms. The van der Waals surface area contributed by atoms with Crippen molar-refractivity contribution in [1.29, 1.82) is 0 Å². The summed E-state index contributed by atoms with van der Waals surface area (Å²) in [6.45, 7) is 0. The largest absolute Gasteiger partial charge is 0.334 e. The lowest BCUT2D eigenvalue weighted by molar-refractivity contribution is 0.432. The number of primary sulfonamides is 1. The second kappa shape index (κ2) is 5.89. The molecule has 0 aliphatic heterocycles. The number of hydrogen-bond donors (Lipinski definition) is 1. The highest BCUT2D eigenvalue weighted by Crippen LogP contribution is 2.26. The predicted molar refractivity (Wildman–Crippen MR) is 84.4 cm³/mol. The number of halogens is 2. The van der Waals surface area contributed by atoms with E-state index in [0.29, 0.717) is 11.1 Å². The molecule has 2 N–H and O–H groups in total. The maximum absolute atomic E-state index is 11.2. The van der Waals surface area contributed by atoms with E-state index in [-0.39, 0.29) is 26.9 Å². The van der Waals surface area contributed by atoms with E-state index in [0.717, 1.165) is 0 Å². The molecule has 0 radical (unpaired) electrons. The molecule has 2 heterocycles. The minimum atomic E-state index is -3.75. The Morgan fingerprint density at radius 3 is 2.13 bits per heavy atom. The fourth-order valence-corrected chi connectivity index (χ4v) is 2.82. The molecule has 1 aromatic carbocycles. The predicted octanol–water partition coefficient (Wildman–Crippen LogP) is 2.75. The van der Waals surface area contributed by atoms with Crippen LogP contribution in [-0.2, 0) is 10.0 Å². The van der Waals surface area contributed by atoms with Crippen molar-refractivity contribution in [3.63, 3.8) is 0 Å². The Bertz CT molecular complexity index is 951. The van der Waals surface area contributed by atoms with Crippen LogP contribution in [0, 0.1) is 0 Å². The maximum Gasteiger partial charge on any atom is 0.258 e. The number of rotatable bonds is 3. The zero-order valence-corrected chi connectivity index (χ0v) is 13.6. The van der Waals surface area contributed by atoms with Gasteiger partial charge in [0.15, 0.2) is 0 Å². The molecule has 7 nitrogen and oxygen atoms in total. The van der Waals surface area contributed by atoms with Crippen LogP contribution >= 0.6 is 23.2 Å². The van der Waals surface area contributed by atoms with Gasteiger partial charge in [0, 0.05) is 11.1 Å². The quantitative estimate of drug-likeness (QED) is 0.709. The molecule has 10 heteroatoms. The highest BCUT2D eigenvalue weighted by molar-refractivity contribution is 7.89. The smallest absolute Gasteiger partial charge is 0.258 e. The summed E-state index contributed by atoms with van der Waals surface area (Å²) in [5, 5.41) is 9.28. The summed E-state index contributed by atoms with van der Waals surface area (Å²) in [6, 6.07) is 8.85. The summed E-state index contributed by atoms with van der Waals surface area (Å²) in [6.07, 6.45) is 0. The maximum atomic E-state index is 11.2. The number of nitrogens with two attached hydrogens (primary N) is 1. The first kappa shape index (κ1) is 15.9. The molecular formula is C13H8Cl2N4O3S. The van der Waals surface area contributed by atoms with Gasteiger partial charge in [-0.2, -0.15) is 4.98 Å². The van der Waals surface area contributed by atoms with Crippen LogP contribution in [0.2, 0.25) is 10.3 Å². The summed E-state index contributed by atoms with van der Waals surface area (Å²) >= 11 is 11.7. The van der Waals surface area contributed by atoms with E-state index in [1.807, 2.05) is 0 Å². The SMILES string of the molecule is NS(=O)(=O)c1ccc(-c2noc(-c3cc(Cl)nc(Cl)c3)n2)cc1. The first-order valence-corrected chi connectivity index (χ1v) is 8.43. The van der Waals surface area contributed by atoms with Gasteiger partial charge in [-0.3, -0.25) is 0 Å². The molecule has 0 spiro atoms. The third kappa shape index (κ3) is 3.50.